The average molecular weight is 305 g/mol. The number of nitrogens with one attached hydrogen (secondary N) is 1. The number of aliphatic carboxylic acids is 1. The van der Waals surface area contributed by atoms with E-state index in [1.165, 1.54) is 12.8 Å². The number of thioether (sulfide) groups is 1. The van der Waals surface area contributed by atoms with Crippen LogP contribution in [0.15, 0.2) is 0 Å². The van der Waals surface area contributed by atoms with Gasteiger partial charge in [-0.1, -0.05) is 37.4 Å². The topological polar surface area (TPSA) is 66.4 Å². The van der Waals surface area contributed by atoms with E-state index in [-0.39, 0.29) is 5.12 Å². The molecule has 0 spiro atoms. The highest BCUT2D eigenvalue weighted by Crippen LogP contribution is 2.16. The second-order valence-corrected chi connectivity index (χ2v) is 6.42. The number of thiol groups is 1. The molecule has 110 valence electrons. The molecule has 4 nitrogen and oxygen atoms in total. The molecule has 1 rings (SSSR count). The van der Waals surface area contributed by atoms with Crippen LogP contribution < -0.4 is 5.32 Å². The molecule has 1 aliphatic heterocycles. The Kier molecular flexibility index (Phi) is 8.57. The molecule has 1 heterocycles. The van der Waals surface area contributed by atoms with Crippen LogP contribution in [0.3, 0.4) is 0 Å². The van der Waals surface area contributed by atoms with Gasteiger partial charge >= 0.3 is 5.97 Å². The second-order valence-electron chi connectivity index (χ2n) is 4.95. The first kappa shape index (κ1) is 16.9. The lowest BCUT2D eigenvalue weighted by Gasteiger charge is -2.18. The number of carbonyl (C=O) groups excluding carboxylic acids is 1. The predicted molar refractivity (Wildman–Crippen MR) is 81.9 cm³/mol. The Hall–Kier alpha value is -0.200. The van der Waals surface area contributed by atoms with Crippen LogP contribution in [0.1, 0.15) is 38.5 Å². The number of carboxylic acid groups (broad SMARTS) is 1. The molecule has 0 saturated carbocycles. The summed E-state index contributed by atoms with van der Waals surface area (Å²) in [7, 11) is 0. The van der Waals surface area contributed by atoms with Crippen molar-refractivity contribution in [2.75, 3.05) is 18.1 Å². The molecule has 1 fully saturated rings. The van der Waals surface area contributed by atoms with Crippen LogP contribution in [-0.4, -0.2) is 40.3 Å². The van der Waals surface area contributed by atoms with Gasteiger partial charge in [0.25, 0.3) is 0 Å². The molecule has 1 aliphatic rings. The van der Waals surface area contributed by atoms with E-state index in [4.69, 9.17) is 5.11 Å². The summed E-state index contributed by atoms with van der Waals surface area (Å²) in [4.78, 5) is 23.0. The Morgan fingerprint density at radius 3 is 2.68 bits per heavy atom. The smallest absolute Gasteiger partial charge is 0.329 e. The van der Waals surface area contributed by atoms with Gasteiger partial charge in [-0.3, -0.25) is 10.1 Å². The van der Waals surface area contributed by atoms with Gasteiger partial charge in [0, 0.05) is 5.75 Å². The van der Waals surface area contributed by atoms with Crippen molar-refractivity contribution in [3.63, 3.8) is 0 Å². The highest BCUT2D eigenvalue weighted by Gasteiger charge is 2.26. The molecule has 0 aromatic heterocycles. The SMILES string of the molecule is O=C(O)C1NCC(CS)CCCCCCCSC1=O. The van der Waals surface area contributed by atoms with Crippen molar-refractivity contribution in [2.24, 2.45) is 5.92 Å². The van der Waals surface area contributed by atoms with Crippen molar-refractivity contribution < 1.29 is 14.7 Å². The van der Waals surface area contributed by atoms with Gasteiger partial charge in [-0.25, -0.2) is 4.79 Å². The molecule has 0 amide bonds. The Morgan fingerprint density at radius 1 is 1.32 bits per heavy atom. The molecule has 2 atom stereocenters. The lowest BCUT2D eigenvalue weighted by atomic mass is 10.0. The highest BCUT2D eigenvalue weighted by atomic mass is 32.2. The Balaban J connectivity index is 2.60. The van der Waals surface area contributed by atoms with E-state index in [1.807, 2.05) is 0 Å². The lowest BCUT2D eigenvalue weighted by Crippen LogP contribution is -2.44. The summed E-state index contributed by atoms with van der Waals surface area (Å²) in [6, 6.07) is -1.08. The minimum atomic E-state index is -1.08. The van der Waals surface area contributed by atoms with Crippen LogP contribution in [0.2, 0.25) is 0 Å². The zero-order chi connectivity index (χ0) is 14.1. The molecule has 1 saturated heterocycles. The van der Waals surface area contributed by atoms with E-state index in [2.05, 4.69) is 17.9 Å². The minimum absolute atomic E-state index is 0.273. The van der Waals surface area contributed by atoms with Gasteiger partial charge in [0.15, 0.2) is 6.04 Å². The van der Waals surface area contributed by atoms with E-state index < -0.39 is 12.0 Å². The van der Waals surface area contributed by atoms with Crippen molar-refractivity contribution in [3.05, 3.63) is 0 Å². The van der Waals surface area contributed by atoms with E-state index >= 15 is 0 Å². The summed E-state index contributed by atoms with van der Waals surface area (Å²) in [5.41, 5.74) is 0. The van der Waals surface area contributed by atoms with Gasteiger partial charge in [-0.15, -0.1) is 0 Å². The summed E-state index contributed by atoms with van der Waals surface area (Å²) in [5.74, 6) is 0.704. The van der Waals surface area contributed by atoms with Crippen molar-refractivity contribution >= 4 is 35.5 Å². The van der Waals surface area contributed by atoms with Gasteiger partial charge in [-0.05, 0) is 31.1 Å². The molecule has 0 bridgehead atoms. The second kappa shape index (κ2) is 9.66. The van der Waals surface area contributed by atoms with E-state index in [0.717, 1.165) is 49.0 Å². The Bertz CT molecular complexity index is 300. The largest absolute Gasteiger partial charge is 0.480 e. The van der Waals surface area contributed by atoms with Gasteiger partial charge in [0.2, 0.25) is 5.12 Å². The fraction of sp³-hybridized carbons (Fsp3) is 0.846. The van der Waals surface area contributed by atoms with Crippen LogP contribution in [0.4, 0.5) is 0 Å². The molecule has 0 aromatic rings. The monoisotopic (exact) mass is 305 g/mol. The van der Waals surface area contributed by atoms with Gasteiger partial charge in [0.1, 0.15) is 0 Å². The zero-order valence-corrected chi connectivity index (χ0v) is 12.8. The van der Waals surface area contributed by atoms with Gasteiger partial charge < -0.3 is 5.11 Å². The van der Waals surface area contributed by atoms with E-state index in [0.29, 0.717) is 12.5 Å². The zero-order valence-electron chi connectivity index (χ0n) is 11.1. The molecule has 2 N–H and O–H groups in total. The van der Waals surface area contributed by atoms with Gasteiger partial charge in [0.05, 0.1) is 0 Å². The molecule has 19 heavy (non-hydrogen) atoms. The predicted octanol–water partition coefficient (Wildman–Crippen LogP) is 2.19. The van der Waals surface area contributed by atoms with Crippen molar-refractivity contribution in [1.82, 2.24) is 5.32 Å². The maximum atomic E-state index is 11.9. The van der Waals surface area contributed by atoms with Crippen molar-refractivity contribution in [3.8, 4) is 0 Å². The van der Waals surface area contributed by atoms with Gasteiger partial charge in [-0.2, -0.15) is 12.6 Å². The third-order valence-electron chi connectivity index (χ3n) is 3.35. The molecule has 2 unspecified atom stereocenters. The summed E-state index contributed by atoms with van der Waals surface area (Å²) in [6.45, 7) is 0.548. The third-order valence-corrected chi connectivity index (χ3v) is 4.88. The maximum absolute atomic E-state index is 11.9. The van der Waals surface area contributed by atoms with Crippen LogP contribution in [0.5, 0.6) is 0 Å². The summed E-state index contributed by atoms with van der Waals surface area (Å²) in [6.07, 6.45) is 6.72. The Morgan fingerprint density at radius 2 is 2.00 bits per heavy atom. The highest BCUT2D eigenvalue weighted by molar-refractivity contribution is 8.13. The fourth-order valence-electron chi connectivity index (χ4n) is 2.14. The third kappa shape index (κ3) is 6.68. The number of hydrogen-bond acceptors (Lipinski definition) is 5. The fourth-order valence-corrected chi connectivity index (χ4v) is 3.35. The van der Waals surface area contributed by atoms with Crippen LogP contribution in [-0.2, 0) is 9.59 Å². The normalized spacial score (nSPS) is 27.9. The molecular formula is C13H23NO3S2. The molecule has 0 aromatic carbocycles. The van der Waals surface area contributed by atoms with E-state index in [1.54, 1.807) is 0 Å². The summed E-state index contributed by atoms with van der Waals surface area (Å²) in [5, 5.41) is 11.7. The Labute approximate surface area is 124 Å². The first-order chi connectivity index (χ1) is 9.15. The van der Waals surface area contributed by atoms with Crippen molar-refractivity contribution in [1.29, 1.82) is 0 Å². The molecule has 0 radical (unpaired) electrons. The quantitative estimate of drug-likeness (QED) is 0.539. The average Bonchev–Trinajstić information content (AvgIpc) is 2.39. The standard InChI is InChI=1S/C13H23NO3S2/c15-12(16)11-13(17)19-7-5-3-1-2-4-6-10(9-18)8-14-11/h10-11,14,18H,1-9H2,(H,15,16). The van der Waals surface area contributed by atoms with Crippen LogP contribution >= 0.6 is 24.4 Å². The molecule has 6 heteroatoms. The minimum Gasteiger partial charge on any atom is -0.480 e. The number of rotatable bonds is 2. The number of carbonyl (C=O) groups is 2. The maximum Gasteiger partial charge on any atom is 0.329 e. The van der Waals surface area contributed by atoms with Crippen molar-refractivity contribution in [2.45, 2.75) is 44.6 Å². The van der Waals surface area contributed by atoms with Crippen LogP contribution in [0.25, 0.3) is 0 Å². The first-order valence-electron chi connectivity index (χ1n) is 6.89. The molecule has 0 aliphatic carbocycles. The lowest BCUT2D eigenvalue weighted by molar-refractivity contribution is -0.141. The molecular weight excluding hydrogens is 282 g/mol. The summed E-state index contributed by atoms with van der Waals surface area (Å²) >= 11 is 5.45. The number of hydrogen-bond donors (Lipinski definition) is 3. The van der Waals surface area contributed by atoms with Crippen LogP contribution in [0, 0.1) is 5.92 Å². The van der Waals surface area contributed by atoms with E-state index in [9.17, 15) is 9.59 Å². The summed E-state index contributed by atoms with van der Waals surface area (Å²) < 4.78 is 0. The number of carboxylic acids is 1. The first-order valence-corrected chi connectivity index (χ1v) is 8.50.